The van der Waals surface area contributed by atoms with E-state index in [4.69, 9.17) is 16.1 Å². The second-order valence-electron chi connectivity index (χ2n) is 2.95. The molecular weight excluding hydrogens is 220 g/mol. The second kappa shape index (κ2) is 4.53. The van der Waals surface area contributed by atoms with E-state index < -0.39 is 30.1 Å². The van der Waals surface area contributed by atoms with Crippen LogP contribution < -0.4 is 5.73 Å². The molecule has 0 fully saturated rings. The molecule has 5 nitrogen and oxygen atoms in total. The first-order valence-electron chi connectivity index (χ1n) is 4.15. The highest BCUT2D eigenvalue weighted by Crippen LogP contribution is 2.27. The number of alkyl halides is 2. The number of rotatable bonds is 3. The molecule has 7 heteroatoms. The summed E-state index contributed by atoms with van der Waals surface area (Å²) in [5, 5.41) is 17.1. The number of nitrogens with two attached hydrogens (primary N) is 1. The summed E-state index contributed by atoms with van der Waals surface area (Å²) in [4.78, 5) is 13.9. The van der Waals surface area contributed by atoms with Gasteiger partial charge in [0.1, 0.15) is 11.9 Å². The van der Waals surface area contributed by atoms with Crippen LogP contribution in [0.4, 0.5) is 14.6 Å². The van der Waals surface area contributed by atoms with Gasteiger partial charge in [0.2, 0.25) is 0 Å². The number of anilines is 1. The number of aliphatic carboxylic acids is 1. The number of carboxylic acid groups (broad SMARTS) is 1. The van der Waals surface area contributed by atoms with Crippen LogP contribution in [-0.4, -0.2) is 16.1 Å². The topological polar surface area (TPSA) is 100 Å². The molecule has 3 N–H and O–H groups in total. The Morgan fingerprint density at radius 2 is 2.31 bits per heavy atom. The summed E-state index contributed by atoms with van der Waals surface area (Å²) >= 11 is 0. The number of nitrogen functional groups attached to an aromatic ring is 1. The van der Waals surface area contributed by atoms with Crippen molar-refractivity contribution in [2.75, 3.05) is 5.73 Å². The molecule has 0 aliphatic rings. The van der Waals surface area contributed by atoms with Gasteiger partial charge in [-0.3, -0.25) is 4.79 Å². The Balaban J connectivity index is 3.39. The summed E-state index contributed by atoms with van der Waals surface area (Å²) in [5.41, 5.74) is 3.89. The normalized spacial score (nSPS) is 10.1. The SMILES string of the molecule is N#Cc1nc(N)cc(CC(=O)O)c1C(F)F. The molecule has 1 aromatic heterocycles. The summed E-state index contributed by atoms with van der Waals surface area (Å²) < 4.78 is 25.3. The van der Waals surface area contributed by atoms with Gasteiger partial charge in [-0.15, -0.1) is 0 Å². The number of carboxylic acids is 1. The minimum absolute atomic E-state index is 0.155. The Kier molecular flexibility index (Phi) is 3.35. The lowest BCUT2D eigenvalue weighted by atomic mass is 10.0. The minimum Gasteiger partial charge on any atom is -0.481 e. The summed E-state index contributed by atoms with van der Waals surface area (Å²) in [6.07, 6.45) is -3.58. The first kappa shape index (κ1) is 11.8. The predicted octanol–water partition coefficient (Wildman–Crippen LogP) is 1.10. The van der Waals surface area contributed by atoms with Gasteiger partial charge < -0.3 is 10.8 Å². The van der Waals surface area contributed by atoms with Gasteiger partial charge in [-0.1, -0.05) is 0 Å². The van der Waals surface area contributed by atoms with Crippen molar-refractivity contribution in [3.05, 3.63) is 22.9 Å². The molecule has 16 heavy (non-hydrogen) atoms. The van der Waals surface area contributed by atoms with E-state index in [1.165, 1.54) is 6.07 Å². The van der Waals surface area contributed by atoms with E-state index in [0.717, 1.165) is 6.07 Å². The molecule has 84 valence electrons. The Hall–Kier alpha value is -2.23. The fourth-order valence-electron chi connectivity index (χ4n) is 1.27. The van der Waals surface area contributed by atoms with Gasteiger partial charge in [0, 0.05) is 0 Å². The lowest BCUT2D eigenvalue weighted by Gasteiger charge is -2.09. The van der Waals surface area contributed by atoms with E-state index in [-0.39, 0.29) is 11.4 Å². The van der Waals surface area contributed by atoms with E-state index in [9.17, 15) is 13.6 Å². The van der Waals surface area contributed by atoms with Crippen LogP contribution in [0.3, 0.4) is 0 Å². The molecule has 0 aromatic carbocycles. The van der Waals surface area contributed by atoms with E-state index in [1.54, 1.807) is 0 Å². The third kappa shape index (κ3) is 2.42. The number of nitrogens with zero attached hydrogens (tertiary/aromatic N) is 2. The van der Waals surface area contributed by atoms with E-state index in [1.807, 2.05) is 0 Å². The van der Waals surface area contributed by atoms with Gasteiger partial charge in [-0.05, 0) is 11.6 Å². The van der Waals surface area contributed by atoms with Crippen LogP contribution in [-0.2, 0) is 11.2 Å². The van der Waals surface area contributed by atoms with E-state index in [0.29, 0.717) is 0 Å². The molecule has 0 saturated heterocycles. The van der Waals surface area contributed by atoms with Gasteiger partial charge in [-0.25, -0.2) is 13.8 Å². The quantitative estimate of drug-likeness (QED) is 0.805. The Morgan fingerprint density at radius 3 is 2.75 bits per heavy atom. The third-order valence-electron chi connectivity index (χ3n) is 1.83. The average Bonchev–Trinajstić information content (AvgIpc) is 2.14. The molecule has 0 spiro atoms. The summed E-state index contributed by atoms with van der Waals surface area (Å²) in [6.45, 7) is 0. The molecule has 1 aromatic rings. The highest BCUT2D eigenvalue weighted by atomic mass is 19.3. The number of hydrogen-bond donors (Lipinski definition) is 2. The number of nitriles is 1. The number of carbonyl (C=O) groups is 1. The van der Waals surface area contributed by atoms with Crippen LogP contribution in [0.1, 0.15) is 23.2 Å². The van der Waals surface area contributed by atoms with Crippen LogP contribution in [0.2, 0.25) is 0 Å². The predicted molar refractivity (Wildman–Crippen MR) is 49.7 cm³/mol. The van der Waals surface area contributed by atoms with Crippen molar-refractivity contribution < 1.29 is 18.7 Å². The molecule has 0 amide bonds. The zero-order valence-corrected chi connectivity index (χ0v) is 7.94. The van der Waals surface area contributed by atoms with Crippen molar-refractivity contribution in [3.8, 4) is 6.07 Å². The second-order valence-corrected chi connectivity index (χ2v) is 2.95. The fourth-order valence-corrected chi connectivity index (χ4v) is 1.27. The Labute approximate surface area is 89.1 Å². The number of pyridine rings is 1. The third-order valence-corrected chi connectivity index (χ3v) is 1.83. The van der Waals surface area contributed by atoms with Crippen molar-refractivity contribution in [2.45, 2.75) is 12.8 Å². The van der Waals surface area contributed by atoms with Crippen molar-refractivity contribution >= 4 is 11.8 Å². The van der Waals surface area contributed by atoms with Gasteiger partial charge >= 0.3 is 5.97 Å². The van der Waals surface area contributed by atoms with Crippen LogP contribution in [0, 0.1) is 11.3 Å². The molecule has 0 bridgehead atoms. The number of aromatic nitrogens is 1. The number of halogens is 2. The standard InChI is InChI=1S/C9H7F2N3O2/c10-9(11)8-4(2-7(15)16)1-6(13)14-5(8)3-12/h1,9H,2H2,(H2,13,14)(H,15,16). The smallest absolute Gasteiger partial charge is 0.307 e. The summed E-state index contributed by atoms with van der Waals surface area (Å²) in [6, 6.07) is 2.51. The summed E-state index contributed by atoms with van der Waals surface area (Å²) in [5.74, 6) is -1.44. The molecule has 0 radical (unpaired) electrons. The monoisotopic (exact) mass is 227 g/mol. The minimum atomic E-state index is -2.96. The highest BCUT2D eigenvalue weighted by molar-refractivity contribution is 5.71. The lowest BCUT2D eigenvalue weighted by Crippen LogP contribution is -2.09. The first-order chi connectivity index (χ1) is 7.45. The van der Waals surface area contributed by atoms with Crippen LogP contribution in [0.15, 0.2) is 6.07 Å². The summed E-state index contributed by atoms with van der Waals surface area (Å²) in [7, 11) is 0. The van der Waals surface area contributed by atoms with Gasteiger partial charge in [-0.2, -0.15) is 5.26 Å². The van der Waals surface area contributed by atoms with Crippen molar-refractivity contribution in [3.63, 3.8) is 0 Å². The number of hydrogen-bond acceptors (Lipinski definition) is 4. The average molecular weight is 227 g/mol. The lowest BCUT2D eigenvalue weighted by molar-refractivity contribution is -0.136. The first-order valence-corrected chi connectivity index (χ1v) is 4.15. The van der Waals surface area contributed by atoms with Crippen molar-refractivity contribution in [2.24, 2.45) is 0 Å². The maximum atomic E-state index is 12.6. The van der Waals surface area contributed by atoms with E-state index in [2.05, 4.69) is 4.98 Å². The molecule has 0 aliphatic heterocycles. The molecule has 0 saturated carbocycles. The van der Waals surface area contributed by atoms with Crippen molar-refractivity contribution in [1.82, 2.24) is 4.98 Å². The van der Waals surface area contributed by atoms with Gasteiger partial charge in [0.15, 0.2) is 5.69 Å². The Morgan fingerprint density at radius 1 is 1.69 bits per heavy atom. The highest BCUT2D eigenvalue weighted by Gasteiger charge is 2.21. The molecule has 0 atom stereocenters. The largest absolute Gasteiger partial charge is 0.481 e. The van der Waals surface area contributed by atoms with Crippen LogP contribution >= 0.6 is 0 Å². The molecule has 1 rings (SSSR count). The molecule has 0 unspecified atom stereocenters. The molecular formula is C9H7F2N3O2. The van der Waals surface area contributed by atoms with Crippen LogP contribution in [0.25, 0.3) is 0 Å². The van der Waals surface area contributed by atoms with E-state index >= 15 is 0 Å². The maximum Gasteiger partial charge on any atom is 0.307 e. The zero-order valence-electron chi connectivity index (χ0n) is 7.94. The Bertz CT molecular complexity index is 469. The molecule has 0 aliphatic carbocycles. The van der Waals surface area contributed by atoms with Gasteiger partial charge in [0.25, 0.3) is 6.43 Å². The fraction of sp³-hybridized carbons (Fsp3) is 0.222. The zero-order chi connectivity index (χ0) is 12.3. The van der Waals surface area contributed by atoms with Crippen LogP contribution in [0.5, 0.6) is 0 Å². The van der Waals surface area contributed by atoms with Gasteiger partial charge in [0.05, 0.1) is 12.0 Å². The molecule has 1 heterocycles. The maximum absolute atomic E-state index is 12.6. The van der Waals surface area contributed by atoms with Crippen molar-refractivity contribution in [1.29, 1.82) is 5.26 Å².